The first-order valence-corrected chi connectivity index (χ1v) is 24.4. The Bertz CT molecular complexity index is 2340. The summed E-state index contributed by atoms with van der Waals surface area (Å²) in [5.74, 6) is 5.76. The molecule has 2 aromatic heterocycles. The van der Waals surface area contributed by atoms with Gasteiger partial charge in [0.25, 0.3) is 17.7 Å². The lowest BCUT2D eigenvalue weighted by Gasteiger charge is -2.43. The second-order valence-electron chi connectivity index (χ2n) is 18.4. The number of amides is 6. The molecule has 1 atom stereocenters. The number of piperidine rings is 3. The van der Waals surface area contributed by atoms with Crippen molar-refractivity contribution in [3.05, 3.63) is 94.9 Å². The van der Waals surface area contributed by atoms with E-state index in [9.17, 15) is 28.8 Å². The number of hydrogen-bond acceptors (Lipinski definition) is 11. The van der Waals surface area contributed by atoms with E-state index in [1.807, 2.05) is 29.2 Å². The molecule has 15 heteroatoms. The zero-order valence-corrected chi connectivity index (χ0v) is 38.5. The van der Waals surface area contributed by atoms with Crippen molar-refractivity contribution in [2.75, 3.05) is 70.3 Å². The standard InChI is InChI=1S/C52H63N9O6/c62-46(19-15-39-11-9-25-53-36-39)54-26-6-5-10-38-21-28-60(29-22-38)50(65)41-16-18-45(55-37-41)59-30-23-42(24-31-59)58-34-32-57(33-35-58)27-7-3-1-2-4-12-40-13-8-14-43-48(40)52(67)61(51(43)66)44-17-20-47(63)56-49(44)64/h8-9,11,13-16,18-19,25,36-38,42,44H,1-3,5-7,10,17,20-24,26-35H2,(H,54,62)(H,56,63,64)/b19-15+. The molecule has 5 aliphatic rings. The van der Waals surface area contributed by atoms with Crippen LogP contribution in [0.4, 0.5) is 5.82 Å². The Labute approximate surface area is 393 Å². The fraction of sp³-hybridized carbons (Fsp3) is 0.500. The van der Waals surface area contributed by atoms with Gasteiger partial charge in [-0.2, -0.15) is 0 Å². The van der Waals surface area contributed by atoms with Crippen molar-refractivity contribution in [1.29, 1.82) is 0 Å². The maximum absolute atomic E-state index is 13.4. The monoisotopic (exact) mass is 909 g/mol. The van der Waals surface area contributed by atoms with Crippen LogP contribution in [0.2, 0.25) is 0 Å². The number of likely N-dealkylation sites (tertiary alicyclic amines) is 1. The quantitative estimate of drug-likeness (QED) is 0.0866. The number of fused-ring (bicyclic) bond motifs is 1. The predicted molar refractivity (Wildman–Crippen MR) is 255 cm³/mol. The van der Waals surface area contributed by atoms with Crippen molar-refractivity contribution >= 4 is 47.3 Å². The van der Waals surface area contributed by atoms with E-state index in [2.05, 4.69) is 42.2 Å². The summed E-state index contributed by atoms with van der Waals surface area (Å²) in [5.41, 5.74) is 2.54. The van der Waals surface area contributed by atoms with Crippen LogP contribution in [0.1, 0.15) is 126 Å². The van der Waals surface area contributed by atoms with E-state index >= 15 is 0 Å². The Kier molecular flexibility index (Phi) is 16.2. The molecular formula is C52H63N9O6. The van der Waals surface area contributed by atoms with Crippen molar-refractivity contribution in [3.63, 3.8) is 0 Å². The highest BCUT2D eigenvalue weighted by Gasteiger charge is 2.45. The summed E-state index contributed by atoms with van der Waals surface area (Å²) in [6, 6.07) is 12.3. The number of anilines is 1. The van der Waals surface area contributed by atoms with Gasteiger partial charge in [-0.1, -0.05) is 43.2 Å². The minimum absolute atomic E-state index is 0.0669. The minimum atomic E-state index is -0.993. The lowest BCUT2D eigenvalue weighted by Crippen LogP contribution is -2.54. The molecule has 67 heavy (non-hydrogen) atoms. The number of carbonyl (C=O) groups excluding carboxylic acids is 6. The van der Waals surface area contributed by atoms with Gasteiger partial charge in [-0.3, -0.25) is 48.9 Å². The second kappa shape index (κ2) is 23.0. The maximum atomic E-state index is 13.4. The molecule has 2 N–H and O–H groups in total. The van der Waals surface area contributed by atoms with Crippen molar-refractivity contribution < 1.29 is 28.8 Å². The largest absolute Gasteiger partial charge is 0.357 e. The molecule has 15 nitrogen and oxygen atoms in total. The van der Waals surface area contributed by atoms with Crippen LogP contribution in [-0.4, -0.2) is 143 Å². The third-order valence-corrected chi connectivity index (χ3v) is 14.0. The zero-order valence-electron chi connectivity index (χ0n) is 38.5. The van der Waals surface area contributed by atoms with Crippen LogP contribution < -0.4 is 15.5 Å². The number of benzene rings is 1. The molecule has 7 heterocycles. The minimum Gasteiger partial charge on any atom is -0.357 e. The molecule has 3 aromatic rings. The van der Waals surface area contributed by atoms with Gasteiger partial charge in [0.1, 0.15) is 11.9 Å². The number of rotatable bonds is 16. The number of nitrogens with zero attached hydrogens (tertiary/aromatic N) is 7. The van der Waals surface area contributed by atoms with Gasteiger partial charge in [-0.15, -0.1) is 0 Å². The first-order chi connectivity index (χ1) is 32.7. The Morgan fingerprint density at radius 3 is 2.37 bits per heavy atom. The molecule has 0 radical (unpaired) electrons. The molecule has 0 saturated carbocycles. The third-order valence-electron chi connectivity index (χ3n) is 14.0. The van der Waals surface area contributed by atoms with Gasteiger partial charge in [-0.25, -0.2) is 4.98 Å². The van der Waals surface area contributed by atoms with Crippen LogP contribution in [0.3, 0.4) is 0 Å². The van der Waals surface area contributed by atoms with Gasteiger partial charge in [0.15, 0.2) is 0 Å². The van der Waals surface area contributed by atoms with E-state index in [1.54, 1.807) is 48.9 Å². The number of imide groups is 2. The molecule has 1 unspecified atom stereocenters. The molecule has 0 bridgehead atoms. The van der Waals surface area contributed by atoms with Crippen molar-refractivity contribution in [2.45, 2.75) is 95.6 Å². The Hall–Kier alpha value is -6.24. The SMILES string of the molecule is O=C(/C=C/c1cccnc1)NCCCCC1CCN(C(=O)c2ccc(N3CCC(N4CCN(CCCCCC#Cc5cccc6c5C(=O)N(C5CCC(=O)NC5=O)C6=O)CC4)CC3)nc2)CC1. The molecule has 1 aromatic carbocycles. The molecular weight excluding hydrogens is 847 g/mol. The molecule has 352 valence electrons. The van der Waals surface area contributed by atoms with Crippen LogP contribution in [0.15, 0.2) is 67.1 Å². The van der Waals surface area contributed by atoms with Gasteiger partial charge in [0.2, 0.25) is 17.7 Å². The highest BCUT2D eigenvalue weighted by Crippen LogP contribution is 2.30. The Morgan fingerprint density at radius 1 is 0.806 bits per heavy atom. The van der Waals surface area contributed by atoms with E-state index in [0.717, 1.165) is 139 Å². The van der Waals surface area contributed by atoms with Crippen LogP contribution in [0, 0.1) is 17.8 Å². The maximum Gasteiger partial charge on any atom is 0.263 e. The fourth-order valence-electron chi connectivity index (χ4n) is 10.1. The smallest absolute Gasteiger partial charge is 0.263 e. The first-order valence-electron chi connectivity index (χ1n) is 24.4. The molecule has 4 fully saturated rings. The highest BCUT2D eigenvalue weighted by molar-refractivity contribution is 6.24. The number of unbranched alkanes of at least 4 members (excludes halogenated alkanes) is 4. The molecule has 6 amide bonds. The van der Waals surface area contributed by atoms with Gasteiger partial charge < -0.3 is 20.0 Å². The number of carbonyl (C=O) groups is 6. The fourth-order valence-corrected chi connectivity index (χ4v) is 10.1. The Balaban J connectivity index is 0.668. The summed E-state index contributed by atoms with van der Waals surface area (Å²) in [7, 11) is 0. The molecule has 8 rings (SSSR count). The molecule has 5 aliphatic heterocycles. The van der Waals surface area contributed by atoms with Crippen LogP contribution in [-0.2, 0) is 14.4 Å². The summed E-state index contributed by atoms with van der Waals surface area (Å²) < 4.78 is 0. The average Bonchev–Trinajstić information content (AvgIpc) is 3.62. The second-order valence-corrected chi connectivity index (χ2v) is 18.4. The van der Waals surface area contributed by atoms with E-state index < -0.39 is 29.7 Å². The number of aromatic nitrogens is 2. The summed E-state index contributed by atoms with van der Waals surface area (Å²) in [6.45, 7) is 9.49. The number of nitrogens with one attached hydrogen (secondary N) is 2. The predicted octanol–water partition coefficient (Wildman–Crippen LogP) is 4.93. The van der Waals surface area contributed by atoms with Gasteiger partial charge in [0, 0.05) is 108 Å². The lowest BCUT2D eigenvalue weighted by atomic mass is 9.91. The normalized spacial score (nSPS) is 19.9. The molecule has 4 saturated heterocycles. The van der Waals surface area contributed by atoms with Gasteiger partial charge >= 0.3 is 0 Å². The summed E-state index contributed by atoms with van der Waals surface area (Å²) in [4.78, 5) is 95.3. The van der Waals surface area contributed by atoms with E-state index in [1.165, 1.54) is 0 Å². The molecule has 0 spiro atoms. The highest BCUT2D eigenvalue weighted by atomic mass is 16.2. The molecule has 0 aliphatic carbocycles. The zero-order chi connectivity index (χ0) is 46.5. The third kappa shape index (κ3) is 12.2. The Morgan fingerprint density at radius 2 is 1.63 bits per heavy atom. The van der Waals surface area contributed by atoms with Crippen molar-refractivity contribution in [2.24, 2.45) is 5.92 Å². The van der Waals surface area contributed by atoms with Gasteiger partial charge in [-0.05, 0) is 106 Å². The van der Waals surface area contributed by atoms with E-state index in [-0.39, 0.29) is 35.8 Å². The summed E-state index contributed by atoms with van der Waals surface area (Å²) >= 11 is 0. The topological polar surface area (TPSA) is 168 Å². The van der Waals surface area contributed by atoms with Crippen molar-refractivity contribution in [3.8, 4) is 11.8 Å². The number of pyridine rings is 2. The van der Waals surface area contributed by atoms with E-state index in [4.69, 9.17) is 4.98 Å². The summed E-state index contributed by atoms with van der Waals surface area (Å²) in [6.07, 6.45) is 19.8. The van der Waals surface area contributed by atoms with Crippen LogP contribution >= 0.6 is 0 Å². The van der Waals surface area contributed by atoms with Gasteiger partial charge in [0.05, 0.1) is 16.7 Å². The number of hydrogen-bond donors (Lipinski definition) is 2. The lowest BCUT2D eigenvalue weighted by molar-refractivity contribution is -0.136. The number of piperazine rings is 1. The first kappa shape index (κ1) is 47.3. The van der Waals surface area contributed by atoms with E-state index in [0.29, 0.717) is 36.1 Å². The average molecular weight is 910 g/mol. The van der Waals surface area contributed by atoms with Crippen LogP contribution in [0.25, 0.3) is 6.08 Å². The van der Waals surface area contributed by atoms with Crippen LogP contribution in [0.5, 0.6) is 0 Å². The van der Waals surface area contributed by atoms with Crippen molar-refractivity contribution in [1.82, 2.24) is 40.2 Å². The summed E-state index contributed by atoms with van der Waals surface area (Å²) in [5, 5.41) is 5.20.